The first-order valence-corrected chi connectivity index (χ1v) is 8.36. The third-order valence-corrected chi connectivity index (χ3v) is 3.67. The van der Waals surface area contributed by atoms with Crippen LogP contribution in [-0.2, 0) is 4.79 Å². The summed E-state index contributed by atoms with van der Waals surface area (Å²) in [6.07, 6.45) is -0.720. The van der Waals surface area contributed by atoms with E-state index < -0.39 is 6.10 Å². The Kier molecular flexibility index (Phi) is 6.91. The van der Waals surface area contributed by atoms with Crippen LogP contribution in [0.4, 0.5) is 0 Å². The molecule has 0 fully saturated rings. The average molecular weight is 354 g/mol. The Hall–Kier alpha value is -3.15. The molecule has 1 atom stereocenters. The predicted octanol–water partition coefficient (Wildman–Crippen LogP) is 2.20. The Morgan fingerprint density at radius 1 is 0.923 bits per heavy atom. The van der Waals surface area contributed by atoms with Gasteiger partial charge >= 0.3 is 0 Å². The van der Waals surface area contributed by atoms with Crippen LogP contribution in [0.5, 0.6) is 5.75 Å². The molecule has 6 nitrogen and oxygen atoms in total. The van der Waals surface area contributed by atoms with Crippen LogP contribution in [0.3, 0.4) is 0 Å². The maximum atomic E-state index is 12.1. The quantitative estimate of drug-likeness (QED) is 0.562. The fourth-order valence-electron chi connectivity index (χ4n) is 2.24. The molecule has 0 radical (unpaired) electrons. The number of amides is 2. The summed E-state index contributed by atoms with van der Waals surface area (Å²) in [5.74, 6) is -0.100. The van der Waals surface area contributed by atoms with Crippen LogP contribution in [0.1, 0.15) is 34.6 Å². The number of Topliss-reactive ketones (excluding diaryl/α,β-unsaturated/α-hetero) is 1. The number of rotatable bonds is 8. The van der Waals surface area contributed by atoms with Crippen molar-refractivity contribution >= 4 is 17.6 Å². The maximum Gasteiger partial charge on any atom is 0.260 e. The molecule has 0 aromatic heterocycles. The Bertz CT molecular complexity index is 774. The van der Waals surface area contributed by atoms with Crippen molar-refractivity contribution < 1.29 is 19.1 Å². The van der Waals surface area contributed by atoms with E-state index in [0.717, 1.165) is 0 Å². The lowest BCUT2D eigenvalue weighted by Crippen LogP contribution is -2.40. The number of ketones is 1. The molecule has 0 saturated heterocycles. The molecule has 2 aromatic carbocycles. The van der Waals surface area contributed by atoms with Gasteiger partial charge < -0.3 is 15.4 Å². The van der Waals surface area contributed by atoms with Gasteiger partial charge in [-0.25, -0.2) is 0 Å². The highest BCUT2D eigenvalue weighted by Crippen LogP contribution is 2.15. The van der Waals surface area contributed by atoms with Gasteiger partial charge in [0.25, 0.3) is 11.8 Å². The average Bonchev–Trinajstić information content (AvgIpc) is 2.65. The van der Waals surface area contributed by atoms with E-state index in [-0.39, 0.29) is 17.6 Å². The SMILES string of the molecule is CC(=O)c1cccc(OC(C)C(=O)NCCNC(=O)c2ccccc2)c1. The predicted molar refractivity (Wildman–Crippen MR) is 98.3 cm³/mol. The van der Waals surface area contributed by atoms with Gasteiger partial charge in [0, 0.05) is 24.2 Å². The number of benzene rings is 2. The van der Waals surface area contributed by atoms with E-state index in [2.05, 4.69) is 10.6 Å². The van der Waals surface area contributed by atoms with Gasteiger partial charge in [0.05, 0.1) is 0 Å². The molecule has 0 spiro atoms. The second-order valence-corrected chi connectivity index (χ2v) is 5.76. The molecule has 0 heterocycles. The zero-order valence-electron chi connectivity index (χ0n) is 14.8. The summed E-state index contributed by atoms with van der Waals surface area (Å²) in [5.41, 5.74) is 1.10. The van der Waals surface area contributed by atoms with Crippen molar-refractivity contribution in [2.45, 2.75) is 20.0 Å². The number of carbonyl (C=O) groups excluding carboxylic acids is 3. The van der Waals surface area contributed by atoms with Gasteiger partial charge in [0.15, 0.2) is 11.9 Å². The standard InChI is InChI=1S/C20H22N2O4/c1-14(23)17-9-6-10-18(13-17)26-15(2)19(24)21-11-12-22-20(25)16-7-4-3-5-8-16/h3-10,13,15H,11-12H2,1-2H3,(H,21,24)(H,22,25). The summed E-state index contributed by atoms with van der Waals surface area (Å²) in [5, 5.41) is 5.43. The van der Waals surface area contributed by atoms with Crippen LogP contribution in [-0.4, -0.2) is 36.8 Å². The number of ether oxygens (including phenoxy) is 1. The van der Waals surface area contributed by atoms with Crippen LogP contribution >= 0.6 is 0 Å². The Labute approximate surface area is 152 Å². The molecule has 2 aromatic rings. The number of hydrogen-bond donors (Lipinski definition) is 2. The van der Waals surface area contributed by atoms with E-state index in [0.29, 0.717) is 30.0 Å². The van der Waals surface area contributed by atoms with Crippen molar-refractivity contribution in [2.24, 2.45) is 0 Å². The first kappa shape index (κ1) is 19.2. The van der Waals surface area contributed by atoms with E-state index in [9.17, 15) is 14.4 Å². The van der Waals surface area contributed by atoms with Gasteiger partial charge in [-0.1, -0.05) is 30.3 Å². The Balaban J connectivity index is 1.74. The van der Waals surface area contributed by atoms with E-state index in [4.69, 9.17) is 4.74 Å². The zero-order valence-corrected chi connectivity index (χ0v) is 14.8. The van der Waals surface area contributed by atoms with Crippen LogP contribution in [0.2, 0.25) is 0 Å². The van der Waals surface area contributed by atoms with Crippen molar-refractivity contribution in [3.8, 4) is 5.75 Å². The van der Waals surface area contributed by atoms with Gasteiger partial charge in [-0.2, -0.15) is 0 Å². The fourth-order valence-corrected chi connectivity index (χ4v) is 2.24. The van der Waals surface area contributed by atoms with Crippen molar-refractivity contribution in [1.29, 1.82) is 0 Å². The molecule has 1 unspecified atom stereocenters. The van der Waals surface area contributed by atoms with Crippen molar-refractivity contribution in [2.75, 3.05) is 13.1 Å². The Morgan fingerprint density at radius 3 is 2.27 bits per heavy atom. The van der Waals surface area contributed by atoms with E-state index in [1.807, 2.05) is 6.07 Å². The largest absolute Gasteiger partial charge is 0.481 e. The molecule has 2 N–H and O–H groups in total. The molecule has 136 valence electrons. The van der Waals surface area contributed by atoms with Crippen LogP contribution < -0.4 is 15.4 Å². The van der Waals surface area contributed by atoms with Crippen LogP contribution in [0, 0.1) is 0 Å². The highest BCUT2D eigenvalue weighted by molar-refractivity contribution is 5.94. The molecule has 26 heavy (non-hydrogen) atoms. The second kappa shape index (κ2) is 9.36. The minimum absolute atomic E-state index is 0.0679. The van der Waals surface area contributed by atoms with E-state index in [1.54, 1.807) is 55.5 Å². The van der Waals surface area contributed by atoms with Crippen LogP contribution in [0.25, 0.3) is 0 Å². The topological polar surface area (TPSA) is 84.5 Å². The molecule has 0 aliphatic heterocycles. The summed E-state index contributed by atoms with van der Waals surface area (Å²) in [4.78, 5) is 35.3. The number of hydrogen-bond acceptors (Lipinski definition) is 4. The van der Waals surface area contributed by atoms with Gasteiger partial charge in [-0.05, 0) is 38.1 Å². The van der Waals surface area contributed by atoms with Gasteiger partial charge in [0.1, 0.15) is 5.75 Å². The smallest absolute Gasteiger partial charge is 0.260 e. The van der Waals surface area contributed by atoms with E-state index in [1.165, 1.54) is 6.92 Å². The molecule has 0 aliphatic rings. The molecule has 2 rings (SSSR count). The highest BCUT2D eigenvalue weighted by Gasteiger charge is 2.14. The van der Waals surface area contributed by atoms with Gasteiger partial charge in [-0.15, -0.1) is 0 Å². The zero-order chi connectivity index (χ0) is 18.9. The lowest BCUT2D eigenvalue weighted by Gasteiger charge is -2.15. The third-order valence-electron chi connectivity index (χ3n) is 3.67. The summed E-state index contributed by atoms with van der Waals surface area (Å²) < 4.78 is 5.56. The maximum absolute atomic E-state index is 12.1. The van der Waals surface area contributed by atoms with E-state index >= 15 is 0 Å². The normalized spacial score (nSPS) is 11.3. The van der Waals surface area contributed by atoms with Crippen LogP contribution in [0.15, 0.2) is 54.6 Å². The van der Waals surface area contributed by atoms with Gasteiger partial charge in [0.2, 0.25) is 0 Å². The number of carbonyl (C=O) groups is 3. The first-order chi connectivity index (χ1) is 12.5. The highest BCUT2D eigenvalue weighted by atomic mass is 16.5. The lowest BCUT2D eigenvalue weighted by molar-refractivity contribution is -0.127. The summed E-state index contributed by atoms with van der Waals surface area (Å²) in [7, 11) is 0. The van der Waals surface area contributed by atoms with Gasteiger partial charge in [-0.3, -0.25) is 14.4 Å². The van der Waals surface area contributed by atoms with Crippen molar-refractivity contribution in [3.05, 3.63) is 65.7 Å². The Morgan fingerprint density at radius 2 is 1.58 bits per heavy atom. The summed E-state index contributed by atoms with van der Waals surface area (Å²) in [6, 6.07) is 15.5. The second-order valence-electron chi connectivity index (χ2n) is 5.76. The van der Waals surface area contributed by atoms with Crippen molar-refractivity contribution in [3.63, 3.8) is 0 Å². The van der Waals surface area contributed by atoms with Crippen molar-refractivity contribution in [1.82, 2.24) is 10.6 Å². The third kappa shape index (κ3) is 5.73. The minimum atomic E-state index is -0.720. The number of nitrogens with one attached hydrogen (secondary N) is 2. The molecular weight excluding hydrogens is 332 g/mol. The first-order valence-electron chi connectivity index (χ1n) is 8.36. The molecule has 0 saturated carbocycles. The summed E-state index contributed by atoms with van der Waals surface area (Å²) >= 11 is 0. The molecule has 6 heteroatoms. The lowest BCUT2D eigenvalue weighted by atomic mass is 10.1. The minimum Gasteiger partial charge on any atom is -0.481 e. The molecule has 2 amide bonds. The molecule has 0 aliphatic carbocycles. The molecule has 0 bridgehead atoms. The summed E-state index contributed by atoms with van der Waals surface area (Å²) in [6.45, 7) is 3.70. The fraction of sp³-hybridized carbons (Fsp3) is 0.250. The molecular formula is C20H22N2O4. The monoisotopic (exact) mass is 354 g/mol.